The van der Waals surface area contributed by atoms with Gasteiger partial charge in [-0.25, -0.2) is 8.42 Å². The second-order valence-corrected chi connectivity index (χ2v) is 7.54. The van der Waals surface area contributed by atoms with Crippen LogP contribution in [0, 0.1) is 0 Å². The number of rotatable bonds is 7. The van der Waals surface area contributed by atoms with Crippen molar-refractivity contribution in [2.75, 3.05) is 29.0 Å². The molecule has 0 saturated heterocycles. The molecule has 2 rings (SSSR count). The van der Waals surface area contributed by atoms with Gasteiger partial charge in [0.2, 0.25) is 15.9 Å². The molecule has 25 heavy (non-hydrogen) atoms. The van der Waals surface area contributed by atoms with Gasteiger partial charge in [0.05, 0.1) is 29.3 Å². The number of anilines is 2. The van der Waals surface area contributed by atoms with E-state index in [1.807, 2.05) is 6.92 Å². The number of nitrogens with zero attached hydrogens (tertiary/aromatic N) is 1. The van der Waals surface area contributed by atoms with Crippen LogP contribution in [0.2, 0.25) is 5.02 Å². The number of carbonyl (C=O) groups is 1. The number of carbonyl (C=O) groups excluding carboxylic acids is 1. The maximum absolute atomic E-state index is 12.3. The van der Waals surface area contributed by atoms with Crippen molar-refractivity contribution < 1.29 is 17.9 Å². The van der Waals surface area contributed by atoms with E-state index in [-0.39, 0.29) is 6.54 Å². The number of halogens is 1. The first-order valence-corrected chi connectivity index (χ1v) is 9.79. The Hall–Kier alpha value is -2.25. The summed E-state index contributed by atoms with van der Waals surface area (Å²) in [6, 6.07) is 13.3. The fraction of sp³-hybridized carbons (Fsp3) is 0.235. The van der Waals surface area contributed by atoms with Crippen molar-refractivity contribution in [3.63, 3.8) is 0 Å². The first-order chi connectivity index (χ1) is 11.8. The van der Waals surface area contributed by atoms with Crippen LogP contribution in [0.5, 0.6) is 5.75 Å². The van der Waals surface area contributed by atoms with Crippen molar-refractivity contribution in [1.82, 2.24) is 0 Å². The molecule has 0 aliphatic rings. The predicted octanol–water partition coefficient (Wildman–Crippen LogP) is 3.14. The van der Waals surface area contributed by atoms with Gasteiger partial charge in [0.25, 0.3) is 0 Å². The Balaban J connectivity index is 2.23. The Morgan fingerprint density at radius 1 is 1.20 bits per heavy atom. The summed E-state index contributed by atoms with van der Waals surface area (Å²) in [5, 5.41) is 2.99. The molecular formula is C17H19ClN2O4S. The Morgan fingerprint density at radius 2 is 1.92 bits per heavy atom. The first kappa shape index (κ1) is 19.1. The SMILES string of the molecule is CCOc1cccc(N(CC(=O)Nc2ccccc2Cl)S(C)(=O)=O)c1. The number of sulfonamides is 1. The minimum atomic E-state index is -3.66. The van der Waals surface area contributed by atoms with E-state index in [2.05, 4.69) is 5.32 Å². The number of hydrogen-bond donors (Lipinski definition) is 1. The van der Waals surface area contributed by atoms with Crippen LogP contribution in [-0.2, 0) is 14.8 Å². The molecule has 0 bridgehead atoms. The van der Waals surface area contributed by atoms with E-state index in [0.717, 1.165) is 10.6 Å². The number of amides is 1. The summed E-state index contributed by atoms with van der Waals surface area (Å²) in [4.78, 5) is 12.3. The van der Waals surface area contributed by atoms with Crippen molar-refractivity contribution in [2.24, 2.45) is 0 Å². The lowest BCUT2D eigenvalue weighted by molar-refractivity contribution is -0.114. The minimum absolute atomic E-state index is 0.350. The Morgan fingerprint density at radius 3 is 2.56 bits per heavy atom. The Kier molecular flexibility index (Phi) is 6.27. The molecule has 2 aromatic rings. The Bertz CT molecular complexity index is 855. The minimum Gasteiger partial charge on any atom is -0.494 e. The molecule has 0 heterocycles. The molecule has 0 aromatic heterocycles. The van der Waals surface area contributed by atoms with Gasteiger partial charge in [-0.15, -0.1) is 0 Å². The molecule has 134 valence electrons. The van der Waals surface area contributed by atoms with Crippen molar-refractivity contribution in [2.45, 2.75) is 6.92 Å². The lowest BCUT2D eigenvalue weighted by Crippen LogP contribution is -2.37. The van der Waals surface area contributed by atoms with E-state index >= 15 is 0 Å². The fourth-order valence-electron chi connectivity index (χ4n) is 2.18. The maximum Gasteiger partial charge on any atom is 0.245 e. The van der Waals surface area contributed by atoms with E-state index in [4.69, 9.17) is 16.3 Å². The average Bonchev–Trinajstić information content (AvgIpc) is 2.54. The molecule has 2 aromatic carbocycles. The highest BCUT2D eigenvalue weighted by Crippen LogP contribution is 2.24. The molecular weight excluding hydrogens is 364 g/mol. The van der Waals surface area contributed by atoms with Gasteiger partial charge in [-0.1, -0.05) is 29.8 Å². The van der Waals surface area contributed by atoms with Gasteiger partial charge in [-0.05, 0) is 31.2 Å². The molecule has 1 N–H and O–H groups in total. The summed E-state index contributed by atoms with van der Waals surface area (Å²) >= 11 is 6.00. The zero-order valence-corrected chi connectivity index (χ0v) is 15.5. The Labute approximate surface area is 152 Å². The average molecular weight is 383 g/mol. The van der Waals surface area contributed by atoms with Crippen LogP contribution in [0.25, 0.3) is 0 Å². The number of hydrogen-bond acceptors (Lipinski definition) is 4. The number of ether oxygens (including phenoxy) is 1. The normalized spacial score (nSPS) is 11.0. The number of nitrogens with one attached hydrogen (secondary N) is 1. The zero-order valence-electron chi connectivity index (χ0n) is 13.9. The lowest BCUT2D eigenvalue weighted by atomic mass is 10.3. The quantitative estimate of drug-likeness (QED) is 0.798. The second kappa shape index (κ2) is 8.22. The number of benzene rings is 2. The largest absolute Gasteiger partial charge is 0.494 e. The molecule has 8 heteroatoms. The first-order valence-electron chi connectivity index (χ1n) is 7.56. The monoisotopic (exact) mass is 382 g/mol. The van der Waals surface area contributed by atoms with Gasteiger partial charge in [0, 0.05) is 6.07 Å². The highest BCUT2D eigenvalue weighted by molar-refractivity contribution is 7.92. The van der Waals surface area contributed by atoms with Crippen molar-refractivity contribution >= 4 is 38.9 Å². The van der Waals surface area contributed by atoms with Crippen molar-refractivity contribution in [3.05, 3.63) is 53.6 Å². The molecule has 0 saturated carbocycles. The molecule has 0 aliphatic heterocycles. The summed E-state index contributed by atoms with van der Waals surface area (Å²) in [5.41, 5.74) is 0.772. The fourth-order valence-corrected chi connectivity index (χ4v) is 3.21. The molecule has 0 fully saturated rings. The second-order valence-electron chi connectivity index (χ2n) is 5.23. The van der Waals surface area contributed by atoms with Gasteiger partial charge in [-0.2, -0.15) is 0 Å². The lowest BCUT2D eigenvalue weighted by Gasteiger charge is -2.22. The van der Waals surface area contributed by atoms with E-state index in [0.29, 0.717) is 28.8 Å². The van der Waals surface area contributed by atoms with E-state index in [9.17, 15) is 13.2 Å². The number of para-hydroxylation sites is 1. The van der Waals surface area contributed by atoms with Gasteiger partial charge < -0.3 is 10.1 Å². The van der Waals surface area contributed by atoms with Crippen molar-refractivity contribution in [3.8, 4) is 5.75 Å². The van der Waals surface area contributed by atoms with Gasteiger partial charge >= 0.3 is 0 Å². The van der Waals surface area contributed by atoms with Crippen molar-refractivity contribution in [1.29, 1.82) is 0 Å². The summed E-state index contributed by atoms with van der Waals surface area (Å²) in [6.45, 7) is 1.91. The van der Waals surface area contributed by atoms with Gasteiger partial charge in [0.1, 0.15) is 12.3 Å². The summed E-state index contributed by atoms with van der Waals surface area (Å²) < 4.78 is 30.7. The third-order valence-corrected chi connectivity index (χ3v) is 4.72. The van der Waals surface area contributed by atoms with Crippen LogP contribution in [0.3, 0.4) is 0 Å². The van der Waals surface area contributed by atoms with Gasteiger partial charge in [-0.3, -0.25) is 9.10 Å². The van der Waals surface area contributed by atoms with Gasteiger partial charge in [0.15, 0.2) is 0 Å². The van der Waals surface area contributed by atoms with Crippen LogP contribution in [0.1, 0.15) is 6.92 Å². The van der Waals surface area contributed by atoms with Crippen LogP contribution in [-0.4, -0.2) is 33.7 Å². The van der Waals surface area contributed by atoms with Crippen LogP contribution >= 0.6 is 11.6 Å². The zero-order chi connectivity index (χ0) is 18.4. The summed E-state index contributed by atoms with van der Waals surface area (Å²) in [7, 11) is -3.66. The maximum atomic E-state index is 12.3. The summed E-state index contributed by atoms with van der Waals surface area (Å²) in [6.07, 6.45) is 1.04. The third-order valence-electron chi connectivity index (χ3n) is 3.25. The molecule has 0 unspecified atom stereocenters. The third kappa shape index (κ3) is 5.37. The molecule has 1 amide bonds. The molecule has 0 spiro atoms. The van der Waals surface area contributed by atoms with Crippen LogP contribution < -0.4 is 14.4 Å². The predicted molar refractivity (Wildman–Crippen MR) is 99.9 cm³/mol. The van der Waals surface area contributed by atoms with E-state index in [1.54, 1.807) is 48.5 Å². The highest BCUT2D eigenvalue weighted by atomic mass is 35.5. The standard InChI is InChI=1S/C17H19ClN2O4S/c1-3-24-14-8-6-7-13(11-14)20(25(2,22)23)12-17(21)19-16-10-5-4-9-15(16)18/h4-11H,3,12H2,1-2H3,(H,19,21). The summed E-state index contributed by atoms with van der Waals surface area (Å²) in [5.74, 6) is 0.0282. The smallest absolute Gasteiger partial charge is 0.245 e. The van der Waals surface area contributed by atoms with Crippen LogP contribution in [0.4, 0.5) is 11.4 Å². The van der Waals surface area contributed by atoms with E-state index in [1.165, 1.54) is 0 Å². The molecule has 0 atom stereocenters. The topological polar surface area (TPSA) is 75.7 Å². The van der Waals surface area contributed by atoms with Crippen LogP contribution in [0.15, 0.2) is 48.5 Å². The molecule has 0 radical (unpaired) electrons. The molecule has 0 aliphatic carbocycles. The van der Waals surface area contributed by atoms with E-state index < -0.39 is 15.9 Å². The highest BCUT2D eigenvalue weighted by Gasteiger charge is 2.21. The molecule has 6 nitrogen and oxygen atoms in total.